The zero-order chi connectivity index (χ0) is 24.9. The number of rotatable bonds is 8. The largest absolute Gasteiger partial charge is 0.493 e. The Morgan fingerprint density at radius 1 is 1.00 bits per heavy atom. The lowest BCUT2D eigenvalue weighted by molar-refractivity contribution is 0.104. The maximum atomic E-state index is 13.8. The molecule has 2 aliphatic rings. The van der Waals surface area contributed by atoms with E-state index in [1.807, 2.05) is 13.8 Å². The van der Waals surface area contributed by atoms with Gasteiger partial charge in [-0.15, -0.1) is 0 Å². The molecule has 0 saturated carbocycles. The predicted octanol–water partition coefficient (Wildman–Crippen LogP) is 2.71. The Balaban J connectivity index is 1.70. The van der Waals surface area contributed by atoms with Crippen LogP contribution in [0.25, 0.3) is 22.0 Å². The Morgan fingerprint density at radius 2 is 1.63 bits per heavy atom. The van der Waals surface area contributed by atoms with Crippen molar-refractivity contribution < 1.29 is 28.8 Å². The van der Waals surface area contributed by atoms with E-state index in [2.05, 4.69) is 5.32 Å². The van der Waals surface area contributed by atoms with Crippen LogP contribution in [0.15, 0.2) is 29.1 Å². The summed E-state index contributed by atoms with van der Waals surface area (Å²) in [5.74, 6) is 1.73. The van der Waals surface area contributed by atoms with Crippen LogP contribution in [-0.2, 0) is 6.54 Å². The second kappa shape index (κ2) is 8.58. The van der Waals surface area contributed by atoms with Crippen molar-refractivity contribution >= 4 is 16.6 Å². The molecule has 3 aromatic rings. The fraction of sp³-hybridized carbons (Fsp3) is 0.385. The molecular formula is C26H28N2O7. The molecule has 0 spiro atoms. The average Bonchev–Trinajstić information content (AvgIpc) is 3.43. The van der Waals surface area contributed by atoms with Crippen molar-refractivity contribution in [2.45, 2.75) is 32.4 Å². The van der Waals surface area contributed by atoms with Gasteiger partial charge in [-0.3, -0.25) is 9.59 Å². The van der Waals surface area contributed by atoms with Gasteiger partial charge in [-0.25, -0.2) is 0 Å². The predicted molar refractivity (Wildman–Crippen MR) is 130 cm³/mol. The number of aliphatic hydroxyl groups excluding tert-OH is 1. The number of hydrogen-bond donors (Lipinski definition) is 2. The van der Waals surface area contributed by atoms with E-state index in [0.717, 1.165) is 0 Å². The first kappa shape index (κ1) is 23.2. The second-order valence-electron chi connectivity index (χ2n) is 9.34. The Kier molecular flexibility index (Phi) is 5.69. The smallest absolute Gasteiger partial charge is 0.259 e. The number of hydrogen-bond acceptors (Lipinski definition) is 8. The SMILES string of the molecule is COc1cc2c3c(n(CCCNC(C)(C)CO)c(=O)c2cc1OC)-c1cc2c(cc1C3=O)OCO2. The molecule has 35 heavy (non-hydrogen) atoms. The van der Waals surface area contributed by atoms with Gasteiger partial charge < -0.3 is 33.9 Å². The zero-order valence-electron chi connectivity index (χ0n) is 20.2. The van der Waals surface area contributed by atoms with E-state index in [0.29, 0.717) is 75.7 Å². The summed E-state index contributed by atoms with van der Waals surface area (Å²) in [6, 6.07) is 6.78. The van der Waals surface area contributed by atoms with E-state index in [1.165, 1.54) is 14.2 Å². The Bertz CT molecular complexity index is 1410. The lowest BCUT2D eigenvalue weighted by atomic mass is 10.0. The zero-order valence-corrected chi connectivity index (χ0v) is 20.2. The molecule has 0 atom stereocenters. The van der Waals surface area contributed by atoms with Crippen molar-refractivity contribution in [1.29, 1.82) is 0 Å². The molecule has 2 N–H and O–H groups in total. The summed E-state index contributed by atoms with van der Waals surface area (Å²) < 4.78 is 23.6. The first-order valence-corrected chi connectivity index (χ1v) is 11.5. The molecule has 0 saturated heterocycles. The lowest BCUT2D eigenvalue weighted by Gasteiger charge is -2.24. The molecule has 5 rings (SSSR count). The molecule has 0 fully saturated rings. The summed E-state index contributed by atoms with van der Waals surface area (Å²) in [7, 11) is 3.02. The van der Waals surface area contributed by atoms with Crippen LogP contribution in [0, 0.1) is 0 Å². The highest BCUT2D eigenvalue weighted by Gasteiger charge is 2.35. The summed E-state index contributed by atoms with van der Waals surface area (Å²) in [5, 5.41) is 13.7. The number of aromatic nitrogens is 1. The summed E-state index contributed by atoms with van der Waals surface area (Å²) in [6.45, 7) is 4.86. The second-order valence-corrected chi connectivity index (χ2v) is 9.34. The van der Waals surface area contributed by atoms with Crippen LogP contribution < -0.4 is 29.8 Å². The van der Waals surface area contributed by atoms with Crippen LogP contribution in [0.4, 0.5) is 0 Å². The molecular weight excluding hydrogens is 452 g/mol. The summed E-state index contributed by atoms with van der Waals surface area (Å²) >= 11 is 0. The first-order chi connectivity index (χ1) is 16.8. The fourth-order valence-electron chi connectivity index (χ4n) is 4.68. The van der Waals surface area contributed by atoms with E-state index < -0.39 is 5.54 Å². The van der Waals surface area contributed by atoms with E-state index in [1.54, 1.807) is 28.8 Å². The molecule has 9 heteroatoms. The number of carbonyl (C=O) groups excluding carboxylic acids is 1. The van der Waals surface area contributed by atoms with Gasteiger partial charge in [0.15, 0.2) is 28.8 Å². The topological polar surface area (TPSA) is 108 Å². The van der Waals surface area contributed by atoms with Gasteiger partial charge in [0.1, 0.15) is 0 Å². The molecule has 0 unspecified atom stereocenters. The van der Waals surface area contributed by atoms with Gasteiger partial charge in [0.25, 0.3) is 5.56 Å². The number of ether oxygens (including phenoxy) is 4. The molecule has 1 aliphatic carbocycles. The number of benzene rings is 2. The van der Waals surface area contributed by atoms with Crippen molar-refractivity contribution in [2.75, 3.05) is 34.2 Å². The lowest BCUT2D eigenvalue weighted by Crippen LogP contribution is -2.43. The van der Waals surface area contributed by atoms with Crippen molar-refractivity contribution in [1.82, 2.24) is 9.88 Å². The minimum Gasteiger partial charge on any atom is -0.493 e. The first-order valence-electron chi connectivity index (χ1n) is 11.5. The number of nitrogens with one attached hydrogen (secondary N) is 1. The van der Waals surface area contributed by atoms with Crippen LogP contribution >= 0.6 is 0 Å². The van der Waals surface area contributed by atoms with Crippen LogP contribution in [0.3, 0.4) is 0 Å². The maximum absolute atomic E-state index is 13.8. The molecule has 0 amide bonds. The number of methoxy groups -OCH3 is 2. The third kappa shape index (κ3) is 3.71. The molecule has 2 heterocycles. The highest BCUT2D eigenvalue weighted by atomic mass is 16.7. The van der Waals surface area contributed by atoms with Gasteiger partial charge in [-0.2, -0.15) is 0 Å². The Hall–Kier alpha value is -3.56. The van der Waals surface area contributed by atoms with E-state index in [-0.39, 0.29) is 24.7 Å². The molecule has 0 bridgehead atoms. The van der Waals surface area contributed by atoms with Crippen molar-refractivity contribution in [3.8, 4) is 34.3 Å². The highest BCUT2D eigenvalue weighted by Crippen LogP contribution is 2.46. The van der Waals surface area contributed by atoms with Gasteiger partial charge in [-0.05, 0) is 51.1 Å². The molecule has 184 valence electrons. The van der Waals surface area contributed by atoms with Gasteiger partial charge in [0.2, 0.25) is 6.79 Å². The Morgan fingerprint density at radius 3 is 2.26 bits per heavy atom. The van der Waals surface area contributed by atoms with Crippen molar-refractivity contribution in [2.24, 2.45) is 0 Å². The number of ketones is 1. The molecule has 1 aromatic heterocycles. The third-order valence-electron chi connectivity index (χ3n) is 6.57. The van der Waals surface area contributed by atoms with Crippen molar-refractivity contribution in [3.63, 3.8) is 0 Å². The maximum Gasteiger partial charge on any atom is 0.259 e. The van der Waals surface area contributed by atoms with Gasteiger partial charge in [0.05, 0.1) is 37.5 Å². The van der Waals surface area contributed by atoms with Crippen LogP contribution in [-0.4, -0.2) is 55.2 Å². The molecule has 0 radical (unpaired) electrons. The van der Waals surface area contributed by atoms with Crippen LogP contribution in [0.2, 0.25) is 0 Å². The Labute approximate surface area is 202 Å². The van der Waals surface area contributed by atoms with Gasteiger partial charge >= 0.3 is 0 Å². The van der Waals surface area contributed by atoms with E-state index in [9.17, 15) is 14.7 Å². The number of pyridine rings is 1. The van der Waals surface area contributed by atoms with Crippen molar-refractivity contribution in [3.05, 3.63) is 45.7 Å². The minimum atomic E-state index is -0.430. The normalized spacial score (nSPS) is 13.8. The van der Waals surface area contributed by atoms with Crippen LogP contribution in [0.5, 0.6) is 23.0 Å². The average molecular weight is 481 g/mol. The van der Waals surface area contributed by atoms with Gasteiger partial charge in [-0.1, -0.05) is 0 Å². The monoisotopic (exact) mass is 480 g/mol. The summed E-state index contributed by atoms with van der Waals surface area (Å²) in [6.07, 6.45) is 0.614. The quantitative estimate of drug-likeness (QED) is 0.371. The minimum absolute atomic E-state index is 0.00495. The highest BCUT2D eigenvalue weighted by molar-refractivity contribution is 6.27. The molecule has 1 aliphatic heterocycles. The molecule has 9 nitrogen and oxygen atoms in total. The standard InChI is InChI=1S/C26H28N2O7/c1-26(2,12-29)27-6-5-7-28-23-15-9-20-21(35-13-34-20)10-16(15)24(30)22(23)14-8-18(32-3)19(33-4)11-17(14)25(28)31/h8-11,27,29H,5-7,12-13H2,1-4H3. The summed E-state index contributed by atoms with van der Waals surface area (Å²) in [4.78, 5) is 27.5. The van der Waals surface area contributed by atoms with E-state index >= 15 is 0 Å². The fourth-order valence-corrected chi connectivity index (χ4v) is 4.68. The number of carbonyl (C=O) groups is 1. The van der Waals surface area contributed by atoms with Gasteiger partial charge in [0, 0.05) is 28.6 Å². The van der Waals surface area contributed by atoms with E-state index in [4.69, 9.17) is 18.9 Å². The number of aliphatic hydroxyl groups is 1. The number of nitrogens with zero attached hydrogens (tertiary/aromatic N) is 1. The van der Waals surface area contributed by atoms with Crippen LogP contribution in [0.1, 0.15) is 36.2 Å². The molecule has 2 aromatic carbocycles. The summed E-state index contributed by atoms with van der Waals surface area (Å²) in [5.41, 5.74) is 1.48. The third-order valence-corrected chi connectivity index (χ3v) is 6.57. The number of fused-ring (bicyclic) bond motifs is 6.